The number of rotatable bonds is 3. The van der Waals surface area contributed by atoms with E-state index in [9.17, 15) is 8.78 Å². The summed E-state index contributed by atoms with van der Waals surface area (Å²) in [6.45, 7) is 1.56. The third kappa shape index (κ3) is 2.69. The molecule has 0 aliphatic rings. The van der Waals surface area contributed by atoms with Gasteiger partial charge >= 0.3 is 0 Å². The van der Waals surface area contributed by atoms with Crippen LogP contribution in [-0.4, -0.2) is 0 Å². The van der Waals surface area contributed by atoms with E-state index in [1.165, 1.54) is 12.1 Å². The van der Waals surface area contributed by atoms with Crippen LogP contribution in [0.3, 0.4) is 0 Å². The zero-order chi connectivity index (χ0) is 14.7. The minimum absolute atomic E-state index is 0.139. The van der Waals surface area contributed by atoms with Crippen molar-refractivity contribution in [3.05, 3.63) is 53.1 Å². The molecule has 3 N–H and O–H groups in total. The predicted molar refractivity (Wildman–Crippen MR) is 74.5 cm³/mol. The Balaban J connectivity index is 2.38. The molecular weight excluding hydrogens is 260 g/mol. The first-order valence-electron chi connectivity index (χ1n) is 6.00. The summed E-state index contributed by atoms with van der Waals surface area (Å²) in [5.41, 5.74) is 7.43. The third-order valence-corrected chi connectivity index (χ3v) is 2.97. The molecule has 2 aromatic carbocycles. The number of hydrogen-bond donors (Lipinski definition) is 2. The summed E-state index contributed by atoms with van der Waals surface area (Å²) in [6.07, 6.45) is 0.139. The Morgan fingerprint density at radius 1 is 1.25 bits per heavy atom. The lowest BCUT2D eigenvalue weighted by Crippen LogP contribution is -2.01. The molecule has 2 aromatic rings. The fraction of sp³-hybridized carbons (Fsp3) is 0.133. The number of nitrogen functional groups attached to an aromatic ring is 1. The lowest BCUT2D eigenvalue weighted by atomic mass is 10.1. The van der Waals surface area contributed by atoms with E-state index in [2.05, 4.69) is 5.32 Å². The zero-order valence-electron chi connectivity index (χ0n) is 10.9. The van der Waals surface area contributed by atoms with Crippen LogP contribution in [0.5, 0.6) is 0 Å². The number of hydrogen-bond acceptors (Lipinski definition) is 3. The molecule has 5 heteroatoms. The van der Waals surface area contributed by atoms with Gasteiger partial charge in [0.05, 0.1) is 12.5 Å². The molecule has 102 valence electrons. The van der Waals surface area contributed by atoms with Crippen molar-refractivity contribution in [1.82, 2.24) is 0 Å². The van der Waals surface area contributed by atoms with Crippen LogP contribution in [0, 0.1) is 29.9 Å². The number of benzene rings is 2. The highest BCUT2D eigenvalue weighted by atomic mass is 19.1. The first-order chi connectivity index (χ1) is 9.52. The van der Waals surface area contributed by atoms with E-state index >= 15 is 0 Å². The van der Waals surface area contributed by atoms with Crippen LogP contribution < -0.4 is 11.1 Å². The first-order valence-corrected chi connectivity index (χ1v) is 6.00. The molecule has 0 spiro atoms. The van der Waals surface area contributed by atoms with Crippen LogP contribution in [0.2, 0.25) is 0 Å². The lowest BCUT2D eigenvalue weighted by molar-refractivity contribution is 0.585. The van der Waals surface area contributed by atoms with Gasteiger partial charge in [0.2, 0.25) is 0 Å². The molecule has 20 heavy (non-hydrogen) atoms. The standard InChI is InChI=1S/C15H13F2N3/c1-9-2-4-12(16)15(14(9)17)20-11-3-5-13(19)10(8-11)6-7-18/h2-5,8,20H,6,19H2,1H3. The summed E-state index contributed by atoms with van der Waals surface area (Å²) in [6, 6.07) is 9.39. The largest absolute Gasteiger partial charge is 0.398 e. The minimum atomic E-state index is -0.674. The molecule has 0 aromatic heterocycles. The Bertz CT molecular complexity index is 690. The quantitative estimate of drug-likeness (QED) is 0.839. The summed E-state index contributed by atoms with van der Waals surface area (Å²) in [5.74, 6) is -1.31. The van der Waals surface area contributed by atoms with Crippen molar-refractivity contribution in [3.8, 4) is 6.07 Å². The number of nitriles is 1. The number of halogens is 2. The Hall–Kier alpha value is -2.61. The molecule has 0 saturated carbocycles. The molecule has 0 aliphatic heterocycles. The van der Waals surface area contributed by atoms with E-state index in [-0.39, 0.29) is 12.1 Å². The summed E-state index contributed by atoms with van der Waals surface area (Å²) >= 11 is 0. The summed E-state index contributed by atoms with van der Waals surface area (Å²) in [5, 5.41) is 11.4. The van der Waals surface area contributed by atoms with Gasteiger partial charge in [0, 0.05) is 11.4 Å². The molecule has 0 saturated heterocycles. The maximum atomic E-state index is 13.9. The van der Waals surface area contributed by atoms with E-state index in [4.69, 9.17) is 11.0 Å². The van der Waals surface area contributed by atoms with Gasteiger partial charge in [-0.05, 0) is 42.3 Å². The van der Waals surface area contributed by atoms with Crippen molar-refractivity contribution < 1.29 is 8.78 Å². The lowest BCUT2D eigenvalue weighted by Gasteiger charge is -2.12. The predicted octanol–water partition coefficient (Wildman–Crippen LogP) is 3.67. The van der Waals surface area contributed by atoms with E-state index in [0.717, 1.165) is 0 Å². The van der Waals surface area contributed by atoms with E-state index in [1.807, 2.05) is 6.07 Å². The first kappa shape index (κ1) is 13.8. The van der Waals surface area contributed by atoms with Crippen molar-refractivity contribution in [2.24, 2.45) is 0 Å². The van der Waals surface area contributed by atoms with Gasteiger partial charge < -0.3 is 11.1 Å². The van der Waals surface area contributed by atoms with Crippen molar-refractivity contribution in [3.63, 3.8) is 0 Å². The molecule has 0 radical (unpaired) electrons. The third-order valence-electron chi connectivity index (χ3n) is 2.97. The average Bonchev–Trinajstić information content (AvgIpc) is 2.43. The smallest absolute Gasteiger partial charge is 0.152 e. The molecule has 0 aliphatic carbocycles. The fourth-order valence-corrected chi connectivity index (χ4v) is 1.84. The Morgan fingerprint density at radius 2 is 2.00 bits per heavy atom. The van der Waals surface area contributed by atoms with Crippen molar-refractivity contribution >= 4 is 17.1 Å². The van der Waals surface area contributed by atoms with Crippen LogP contribution in [0.15, 0.2) is 30.3 Å². The second-order valence-corrected chi connectivity index (χ2v) is 4.43. The van der Waals surface area contributed by atoms with Crippen LogP contribution in [0.4, 0.5) is 25.8 Å². The van der Waals surface area contributed by atoms with Gasteiger partial charge in [-0.15, -0.1) is 0 Å². The van der Waals surface area contributed by atoms with E-state index in [0.29, 0.717) is 22.5 Å². The van der Waals surface area contributed by atoms with Gasteiger partial charge in [-0.1, -0.05) is 6.07 Å². The topological polar surface area (TPSA) is 61.8 Å². The van der Waals surface area contributed by atoms with Gasteiger partial charge in [-0.2, -0.15) is 5.26 Å². The van der Waals surface area contributed by atoms with Gasteiger partial charge in [0.15, 0.2) is 5.82 Å². The zero-order valence-corrected chi connectivity index (χ0v) is 10.9. The number of nitrogens with zero attached hydrogens (tertiary/aromatic N) is 1. The van der Waals surface area contributed by atoms with Crippen LogP contribution in [0.1, 0.15) is 11.1 Å². The van der Waals surface area contributed by atoms with Crippen molar-refractivity contribution in [2.75, 3.05) is 11.1 Å². The highest BCUT2D eigenvalue weighted by Gasteiger charge is 2.12. The second kappa shape index (κ2) is 5.57. The molecule has 0 amide bonds. The van der Waals surface area contributed by atoms with Gasteiger partial charge in [0.1, 0.15) is 11.5 Å². The molecule has 2 rings (SSSR count). The van der Waals surface area contributed by atoms with Gasteiger partial charge in [-0.25, -0.2) is 8.78 Å². The molecular formula is C15H13F2N3. The normalized spacial score (nSPS) is 10.1. The van der Waals surface area contributed by atoms with Gasteiger partial charge in [-0.3, -0.25) is 0 Å². The Labute approximate surface area is 115 Å². The SMILES string of the molecule is Cc1ccc(F)c(Nc2ccc(N)c(CC#N)c2)c1F. The van der Waals surface area contributed by atoms with Crippen LogP contribution in [0.25, 0.3) is 0 Å². The molecule has 0 heterocycles. The monoisotopic (exact) mass is 273 g/mol. The highest BCUT2D eigenvalue weighted by Crippen LogP contribution is 2.27. The molecule has 0 fully saturated rings. The highest BCUT2D eigenvalue weighted by molar-refractivity contribution is 5.66. The number of aryl methyl sites for hydroxylation is 1. The summed E-state index contributed by atoms with van der Waals surface area (Å²) < 4.78 is 27.6. The van der Waals surface area contributed by atoms with Gasteiger partial charge in [0.25, 0.3) is 0 Å². The molecule has 3 nitrogen and oxygen atoms in total. The summed E-state index contributed by atoms with van der Waals surface area (Å²) in [4.78, 5) is 0. The maximum absolute atomic E-state index is 13.9. The molecule has 0 atom stereocenters. The van der Waals surface area contributed by atoms with Crippen LogP contribution in [-0.2, 0) is 6.42 Å². The number of anilines is 3. The number of nitrogens with one attached hydrogen (secondary N) is 1. The Kier molecular flexibility index (Phi) is 3.85. The van der Waals surface area contributed by atoms with E-state index < -0.39 is 11.6 Å². The van der Waals surface area contributed by atoms with E-state index in [1.54, 1.807) is 25.1 Å². The van der Waals surface area contributed by atoms with Crippen LogP contribution >= 0.6 is 0 Å². The molecule has 0 bridgehead atoms. The van der Waals surface area contributed by atoms with Crippen molar-refractivity contribution in [2.45, 2.75) is 13.3 Å². The second-order valence-electron chi connectivity index (χ2n) is 4.43. The average molecular weight is 273 g/mol. The van der Waals surface area contributed by atoms with Crippen molar-refractivity contribution in [1.29, 1.82) is 5.26 Å². The Morgan fingerprint density at radius 3 is 2.70 bits per heavy atom. The fourth-order valence-electron chi connectivity index (χ4n) is 1.84. The maximum Gasteiger partial charge on any atom is 0.152 e. The number of nitrogens with two attached hydrogens (primary N) is 1. The molecule has 0 unspecified atom stereocenters. The minimum Gasteiger partial charge on any atom is -0.398 e. The summed E-state index contributed by atoms with van der Waals surface area (Å²) in [7, 11) is 0.